The summed E-state index contributed by atoms with van der Waals surface area (Å²) in [5, 5.41) is 6.38. The van der Waals surface area contributed by atoms with Crippen LogP contribution in [0.1, 0.15) is 163 Å². The number of aryl methyl sites for hydroxylation is 1. The summed E-state index contributed by atoms with van der Waals surface area (Å²) in [6.45, 7) is 16.5. The summed E-state index contributed by atoms with van der Waals surface area (Å²) >= 11 is 0. The van der Waals surface area contributed by atoms with E-state index in [0.717, 1.165) is 200 Å². The van der Waals surface area contributed by atoms with Crippen LogP contribution in [0.25, 0.3) is 43.4 Å². The molecule has 0 saturated carbocycles. The monoisotopic (exact) mass is 770 g/mol. The summed E-state index contributed by atoms with van der Waals surface area (Å²) in [6, 6.07) is 11.0. The van der Waals surface area contributed by atoms with Gasteiger partial charge in [0.05, 0.1) is 33.0 Å². The first-order valence-corrected chi connectivity index (χ1v) is 22.6. The first-order valence-electron chi connectivity index (χ1n) is 22.6. The van der Waals surface area contributed by atoms with Crippen LogP contribution in [0.15, 0.2) is 34.7 Å². The molecule has 5 rings (SSSR count). The third-order valence-corrected chi connectivity index (χ3v) is 10.7. The molecular weight excluding hydrogens is 699 g/mol. The fourth-order valence-corrected chi connectivity index (χ4v) is 7.44. The number of unbranched alkanes of at least 4 members (excludes halogenated alkanes) is 12. The second-order valence-electron chi connectivity index (χ2n) is 15.5. The quantitative estimate of drug-likeness (QED) is 0.0354. The van der Waals surface area contributed by atoms with Gasteiger partial charge in [-0.15, -0.1) is 0 Å². The van der Waals surface area contributed by atoms with Crippen molar-refractivity contribution in [3.8, 4) is 28.7 Å². The smallest absolute Gasteiger partial charge is 0.197 e. The molecule has 0 N–H and O–H groups in total. The topological polar surface area (TPSA) is 72.2 Å². The molecule has 7 heteroatoms. The maximum Gasteiger partial charge on any atom is 0.197 e. The highest BCUT2D eigenvalue weighted by Gasteiger charge is 2.23. The Bertz CT molecular complexity index is 1880. The summed E-state index contributed by atoms with van der Waals surface area (Å²) in [4.78, 5) is 5.28. The molecule has 56 heavy (non-hydrogen) atoms. The summed E-state index contributed by atoms with van der Waals surface area (Å²) in [6.07, 6.45) is 20.4. The number of benzene rings is 4. The van der Waals surface area contributed by atoms with Crippen LogP contribution in [-0.2, 0) is 6.42 Å². The van der Waals surface area contributed by atoms with Crippen molar-refractivity contribution >= 4 is 43.4 Å². The van der Waals surface area contributed by atoms with Gasteiger partial charge in [0.2, 0.25) is 0 Å². The van der Waals surface area contributed by atoms with E-state index in [0.29, 0.717) is 33.0 Å². The average molecular weight is 770 g/mol. The summed E-state index contributed by atoms with van der Waals surface area (Å²) in [5.74, 6) is 4.63. The Balaban J connectivity index is 1.82. The second-order valence-corrected chi connectivity index (χ2v) is 15.5. The maximum atomic E-state index is 6.64. The van der Waals surface area contributed by atoms with E-state index in [1.165, 1.54) is 0 Å². The minimum Gasteiger partial charge on any atom is -0.490 e. The molecule has 0 spiro atoms. The molecule has 0 atom stereocenters. The lowest BCUT2D eigenvalue weighted by molar-refractivity contribution is 0.260. The number of fused-ring (bicyclic) bond motifs is 8. The Hall–Kier alpha value is -3.87. The van der Waals surface area contributed by atoms with E-state index in [1.807, 2.05) is 0 Å². The van der Waals surface area contributed by atoms with Crippen LogP contribution in [0.4, 0.5) is 0 Å². The Morgan fingerprint density at radius 3 is 1.11 bits per heavy atom. The molecule has 0 fully saturated rings. The lowest BCUT2D eigenvalue weighted by Crippen LogP contribution is -2.04. The molecule has 0 saturated heterocycles. The minimum atomic E-state index is 0.627. The molecule has 1 heterocycles. The Morgan fingerprint density at radius 2 is 0.714 bits per heavy atom. The van der Waals surface area contributed by atoms with Crippen LogP contribution < -0.4 is 23.7 Å². The zero-order valence-corrected chi connectivity index (χ0v) is 35.8. The second kappa shape index (κ2) is 23.4. The molecule has 7 nitrogen and oxygen atoms in total. The van der Waals surface area contributed by atoms with Gasteiger partial charge in [0, 0.05) is 11.8 Å². The maximum absolute atomic E-state index is 6.64. The van der Waals surface area contributed by atoms with Crippen LogP contribution in [0.2, 0.25) is 0 Å². The van der Waals surface area contributed by atoms with Crippen molar-refractivity contribution in [2.24, 2.45) is 0 Å². The number of nitrogens with zero attached hydrogens (tertiary/aromatic N) is 1. The molecule has 0 unspecified atom stereocenters. The zero-order valence-electron chi connectivity index (χ0n) is 35.8. The van der Waals surface area contributed by atoms with Gasteiger partial charge in [-0.2, -0.15) is 0 Å². The van der Waals surface area contributed by atoms with Crippen molar-refractivity contribution in [2.75, 3.05) is 33.0 Å². The fourth-order valence-electron chi connectivity index (χ4n) is 7.44. The van der Waals surface area contributed by atoms with Gasteiger partial charge in [-0.25, -0.2) is 4.98 Å². The normalized spacial score (nSPS) is 11.7. The highest BCUT2D eigenvalue weighted by atomic mass is 16.5. The third kappa shape index (κ3) is 11.4. The van der Waals surface area contributed by atoms with Crippen molar-refractivity contribution in [1.29, 1.82) is 0 Å². The number of ether oxygens (including phenoxy) is 5. The van der Waals surface area contributed by atoms with Crippen LogP contribution in [0.5, 0.6) is 28.7 Å². The summed E-state index contributed by atoms with van der Waals surface area (Å²) in [7, 11) is 0. The van der Waals surface area contributed by atoms with Crippen molar-refractivity contribution in [2.45, 2.75) is 164 Å². The Kier molecular flexibility index (Phi) is 18.1. The van der Waals surface area contributed by atoms with E-state index in [4.69, 9.17) is 33.1 Å². The predicted molar refractivity (Wildman–Crippen MR) is 235 cm³/mol. The summed E-state index contributed by atoms with van der Waals surface area (Å²) < 4.78 is 39.6. The molecule has 0 bridgehead atoms. The molecule has 0 radical (unpaired) electrons. The van der Waals surface area contributed by atoms with E-state index in [-0.39, 0.29) is 0 Å². The fraction of sp³-hybridized carbons (Fsp3) is 0.612. The van der Waals surface area contributed by atoms with Crippen molar-refractivity contribution in [3.63, 3.8) is 0 Å². The van der Waals surface area contributed by atoms with E-state index < -0.39 is 0 Å². The van der Waals surface area contributed by atoms with E-state index in [9.17, 15) is 0 Å². The highest BCUT2D eigenvalue weighted by molar-refractivity contribution is 6.31. The number of rotatable bonds is 29. The van der Waals surface area contributed by atoms with E-state index in [1.54, 1.807) is 0 Å². The summed E-state index contributed by atoms with van der Waals surface area (Å²) in [5.41, 5.74) is 1.56. The van der Waals surface area contributed by atoms with Crippen LogP contribution in [0, 0.1) is 0 Å². The first kappa shape index (κ1) is 43.3. The SMILES string of the molecule is CCCCCOc1cc2c3cc(OCCCCC)c(OCCCCC)cc3c3c(cc(OCCCCC)c4oc(CCCCC)nc43)c2cc1OCCCCC. The van der Waals surface area contributed by atoms with Gasteiger partial charge in [0.1, 0.15) is 5.52 Å². The van der Waals surface area contributed by atoms with E-state index >= 15 is 0 Å². The predicted octanol–water partition coefficient (Wildman–Crippen LogP) is 14.9. The van der Waals surface area contributed by atoms with Crippen LogP contribution >= 0.6 is 0 Å². The molecule has 0 aliphatic rings. The molecule has 0 amide bonds. The number of hydrogen-bond acceptors (Lipinski definition) is 7. The molecule has 0 aliphatic carbocycles. The molecule has 0 aliphatic heterocycles. The van der Waals surface area contributed by atoms with Gasteiger partial charge in [0.15, 0.2) is 40.2 Å². The minimum absolute atomic E-state index is 0.627. The van der Waals surface area contributed by atoms with E-state index in [2.05, 4.69) is 71.9 Å². The number of aromatic nitrogens is 1. The first-order chi connectivity index (χ1) is 27.6. The van der Waals surface area contributed by atoms with Gasteiger partial charge in [-0.1, -0.05) is 119 Å². The van der Waals surface area contributed by atoms with Gasteiger partial charge in [-0.05, 0) is 95.8 Å². The lowest BCUT2D eigenvalue weighted by Gasteiger charge is -2.20. The van der Waals surface area contributed by atoms with Gasteiger partial charge < -0.3 is 28.1 Å². The molecule has 308 valence electrons. The Morgan fingerprint density at radius 1 is 0.393 bits per heavy atom. The van der Waals surface area contributed by atoms with Gasteiger partial charge >= 0.3 is 0 Å². The molecule has 4 aromatic carbocycles. The van der Waals surface area contributed by atoms with Crippen LogP contribution in [0.3, 0.4) is 0 Å². The van der Waals surface area contributed by atoms with Gasteiger partial charge in [-0.3, -0.25) is 0 Å². The van der Waals surface area contributed by atoms with Crippen molar-refractivity contribution < 1.29 is 28.1 Å². The van der Waals surface area contributed by atoms with Crippen LogP contribution in [-0.4, -0.2) is 38.0 Å². The largest absolute Gasteiger partial charge is 0.490 e. The molecule has 1 aromatic heterocycles. The number of oxazole rings is 1. The van der Waals surface area contributed by atoms with Crippen molar-refractivity contribution in [3.05, 3.63) is 36.2 Å². The zero-order chi connectivity index (χ0) is 39.5. The number of hydrogen-bond donors (Lipinski definition) is 0. The standard InChI is InChI=1S/C49H71NO6/c1-7-13-19-25-46-50-48-47-39-34-44(54-29-23-17-11-5)43(53-28-22-16-10-4)32-37(39)36-31-41(51-26-20-14-8-2)42(52-27-21-15-9-3)33-38(36)40(47)35-45(49(48)56-46)55-30-24-18-12-6/h31-35H,7-30H2,1-6H3. The lowest BCUT2D eigenvalue weighted by atomic mass is 9.92. The highest BCUT2D eigenvalue weighted by Crippen LogP contribution is 2.48. The third-order valence-electron chi connectivity index (χ3n) is 10.7. The molecular formula is C49H71NO6. The van der Waals surface area contributed by atoms with Gasteiger partial charge in [0.25, 0.3) is 0 Å². The molecule has 5 aromatic rings. The Labute approximate surface area is 337 Å². The van der Waals surface area contributed by atoms with Crippen molar-refractivity contribution in [1.82, 2.24) is 4.98 Å². The average Bonchev–Trinajstić information content (AvgIpc) is 3.64.